The average molecular weight is 669 g/mol. The molecule has 0 aromatic heterocycles. The van der Waals surface area contributed by atoms with Gasteiger partial charge in [-0.15, -0.1) is 0 Å². The predicted octanol–water partition coefficient (Wildman–Crippen LogP) is 6.19. The van der Waals surface area contributed by atoms with Crippen LogP contribution in [0.2, 0.25) is 0 Å². The monoisotopic (exact) mass is 668 g/mol. The largest absolute Gasteiger partial charge is 0.352 e. The van der Waals surface area contributed by atoms with Crippen LogP contribution in [-0.4, -0.2) is 48.7 Å². The van der Waals surface area contributed by atoms with Crippen LogP contribution in [0.3, 0.4) is 0 Å². The molecule has 5 rings (SSSR count). The van der Waals surface area contributed by atoms with Gasteiger partial charge < -0.3 is 10.2 Å². The molecule has 1 aliphatic carbocycles. The number of nitrogens with zero attached hydrogens (tertiary/aromatic N) is 3. The molecule has 0 radical (unpaired) electrons. The van der Waals surface area contributed by atoms with E-state index in [4.69, 9.17) is 0 Å². The van der Waals surface area contributed by atoms with Gasteiger partial charge in [0.05, 0.1) is 15.5 Å². The van der Waals surface area contributed by atoms with Crippen molar-refractivity contribution in [2.24, 2.45) is 0 Å². The smallest absolute Gasteiger partial charge is 0.271 e. The minimum Gasteiger partial charge on any atom is -0.352 e. The Balaban J connectivity index is 1.59. The van der Waals surface area contributed by atoms with E-state index >= 15 is 0 Å². The summed E-state index contributed by atoms with van der Waals surface area (Å²) in [5, 5.41) is 14.9. The number of nitrogens with one attached hydrogen (secondary N) is 1. The summed E-state index contributed by atoms with van der Waals surface area (Å²) < 4.78 is 29.2. The van der Waals surface area contributed by atoms with Crippen molar-refractivity contribution in [2.45, 2.75) is 69.0 Å². The van der Waals surface area contributed by atoms with Crippen LogP contribution in [0.1, 0.15) is 48.8 Å². The third-order valence-electron chi connectivity index (χ3n) is 8.76. The maximum absolute atomic E-state index is 14.7. The standard InChI is InChI=1S/C37H40N4O6S/c1-28-14-11-12-17-30(28)26-39(35(24-29-15-5-2-6-16-29)37(43)38-31-18-7-3-8-19-31)36(42)27-40(32-20-13-21-33(25-32)41(44)45)48(46,47)34-22-9-4-10-23-34/h2,4-6,9-17,20-23,25,31,35H,3,7-8,18-19,24,26-27H2,1H3,(H,38,43)/t35-/m0/s1. The van der Waals surface area contributed by atoms with Gasteiger partial charge in [-0.25, -0.2) is 8.42 Å². The molecule has 0 bridgehead atoms. The van der Waals surface area contributed by atoms with E-state index in [9.17, 15) is 28.1 Å². The minimum absolute atomic E-state index is 0.0141. The molecular formula is C37H40N4O6S. The number of nitro benzene ring substituents is 1. The van der Waals surface area contributed by atoms with Gasteiger partial charge in [0.15, 0.2) is 0 Å². The number of sulfonamides is 1. The van der Waals surface area contributed by atoms with Crippen molar-refractivity contribution < 1.29 is 22.9 Å². The van der Waals surface area contributed by atoms with Gasteiger partial charge in [-0.05, 0) is 54.7 Å². The summed E-state index contributed by atoms with van der Waals surface area (Å²) in [4.78, 5) is 41.3. The molecule has 1 N–H and O–H groups in total. The fourth-order valence-corrected chi connectivity index (χ4v) is 7.51. The lowest BCUT2D eigenvalue weighted by atomic mass is 9.94. The van der Waals surface area contributed by atoms with Crippen molar-refractivity contribution in [3.63, 3.8) is 0 Å². The molecule has 1 saturated carbocycles. The molecule has 1 fully saturated rings. The van der Waals surface area contributed by atoms with Crippen molar-refractivity contribution in [2.75, 3.05) is 10.8 Å². The van der Waals surface area contributed by atoms with E-state index in [2.05, 4.69) is 5.32 Å². The number of benzene rings is 4. The van der Waals surface area contributed by atoms with E-state index in [1.54, 1.807) is 18.2 Å². The maximum Gasteiger partial charge on any atom is 0.271 e. The zero-order chi connectivity index (χ0) is 34.1. The Hall–Kier alpha value is -5.03. The highest BCUT2D eigenvalue weighted by Crippen LogP contribution is 2.28. The summed E-state index contributed by atoms with van der Waals surface area (Å²) in [5.41, 5.74) is 2.20. The fourth-order valence-electron chi connectivity index (χ4n) is 6.08. The number of hydrogen-bond donors (Lipinski definition) is 1. The van der Waals surface area contributed by atoms with Crippen LogP contribution < -0.4 is 9.62 Å². The Morgan fingerprint density at radius 1 is 0.875 bits per heavy atom. The third-order valence-corrected chi connectivity index (χ3v) is 10.6. The molecule has 250 valence electrons. The van der Waals surface area contributed by atoms with Gasteiger partial charge in [0, 0.05) is 31.1 Å². The van der Waals surface area contributed by atoms with Crippen molar-refractivity contribution in [3.05, 3.63) is 136 Å². The summed E-state index contributed by atoms with van der Waals surface area (Å²) in [5.74, 6) is -0.926. The van der Waals surface area contributed by atoms with E-state index in [1.165, 1.54) is 35.2 Å². The molecule has 0 aliphatic heterocycles. The fraction of sp³-hybridized carbons (Fsp3) is 0.297. The normalized spacial score (nSPS) is 14.1. The second kappa shape index (κ2) is 15.7. The lowest BCUT2D eigenvalue weighted by Crippen LogP contribution is -2.55. The number of non-ortho nitro benzene ring substituents is 1. The summed E-state index contributed by atoms with van der Waals surface area (Å²) >= 11 is 0. The van der Waals surface area contributed by atoms with Crippen LogP contribution in [0.5, 0.6) is 0 Å². The van der Waals surface area contributed by atoms with Crippen LogP contribution in [0.15, 0.2) is 114 Å². The second-order valence-electron chi connectivity index (χ2n) is 12.1. The first-order valence-corrected chi connectivity index (χ1v) is 17.6. The van der Waals surface area contributed by atoms with E-state index < -0.39 is 33.4 Å². The minimum atomic E-state index is -4.37. The molecule has 0 saturated heterocycles. The first kappa shape index (κ1) is 34.3. The van der Waals surface area contributed by atoms with Gasteiger partial charge in [-0.3, -0.25) is 24.0 Å². The van der Waals surface area contributed by atoms with Crippen LogP contribution >= 0.6 is 0 Å². The van der Waals surface area contributed by atoms with Gasteiger partial charge in [0.2, 0.25) is 11.8 Å². The third kappa shape index (κ3) is 8.46. The number of rotatable bonds is 13. The van der Waals surface area contributed by atoms with Gasteiger partial charge in [-0.1, -0.05) is 98.1 Å². The maximum atomic E-state index is 14.7. The van der Waals surface area contributed by atoms with E-state index in [-0.39, 0.29) is 41.2 Å². The predicted molar refractivity (Wildman–Crippen MR) is 185 cm³/mol. The number of amides is 2. The highest BCUT2D eigenvalue weighted by molar-refractivity contribution is 7.92. The quantitative estimate of drug-likeness (QED) is 0.134. The number of hydrogen-bond acceptors (Lipinski definition) is 6. The average Bonchev–Trinajstić information content (AvgIpc) is 3.10. The lowest BCUT2D eigenvalue weighted by Gasteiger charge is -2.35. The number of carbonyl (C=O) groups is 2. The van der Waals surface area contributed by atoms with Gasteiger partial charge in [0.25, 0.3) is 15.7 Å². The molecule has 4 aromatic carbocycles. The number of nitro groups is 1. The van der Waals surface area contributed by atoms with E-state index in [0.29, 0.717) is 0 Å². The molecule has 0 heterocycles. The van der Waals surface area contributed by atoms with Gasteiger partial charge >= 0.3 is 0 Å². The molecule has 10 nitrogen and oxygen atoms in total. The van der Waals surface area contributed by atoms with Crippen molar-refractivity contribution in [3.8, 4) is 0 Å². The molecule has 48 heavy (non-hydrogen) atoms. The van der Waals surface area contributed by atoms with Gasteiger partial charge in [0.1, 0.15) is 12.6 Å². The molecule has 11 heteroatoms. The Kier molecular flexibility index (Phi) is 11.2. The number of carbonyl (C=O) groups excluding carboxylic acids is 2. The van der Waals surface area contributed by atoms with E-state index in [1.807, 2.05) is 61.5 Å². The first-order valence-electron chi connectivity index (χ1n) is 16.1. The zero-order valence-corrected chi connectivity index (χ0v) is 27.7. The van der Waals surface area contributed by atoms with E-state index in [0.717, 1.165) is 59.2 Å². The number of aryl methyl sites for hydroxylation is 1. The Morgan fingerprint density at radius 3 is 2.19 bits per heavy atom. The molecule has 0 spiro atoms. The second-order valence-corrected chi connectivity index (χ2v) is 14.0. The molecule has 4 aromatic rings. The van der Waals surface area contributed by atoms with Crippen molar-refractivity contribution >= 4 is 33.2 Å². The molecule has 1 aliphatic rings. The van der Waals surface area contributed by atoms with Crippen molar-refractivity contribution in [1.29, 1.82) is 0 Å². The van der Waals surface area contributed by atoms with Crippen LogP contribution in [0.25, 0.3) is 0 Å². The van der Waals surface area contributed by atoms with Gasteiger partial charge in [-0.2, -0.15) is 0 Å². The van der Waals surface area contributed by atoms with Crippen molar-refractivity contribution in [1.82, 2.24) is 10.2 Å². The SMILES string of the molecule is Cc1ccccc1CN(C(=O)CN(c1cccc([N+](=O)[O-])c1)S(=O)(=O)c1ccccc1)[C@@H](Cc1ccccc1)C(=O)NC1CCCCC1. The highest BCUT2D eigenvalue weighted by atomic mass is 32.2. The Bertz CT molecular complexity index is 1830. The zero-order valence-electron chi connectivity index (χ0n) is 26.9. The summed E-state index contributed by atoms with van der Waals surface area (Å²) in [6.45, 7) is 1.28. The molecule has 1 atom stereocenters. The summed E-state index contributed by atoms with van der Waals surface area (Å²) in [6, 6.07) is 28.8. The molecular weight excluding hydrogens is 628 g/mol. The molecule has 0 unspecified atom stereocenters. The topological polar surface area (TPSA) is 130 Å². The highest BCUT2D eigenvalue weighted by Gasteiger charge is 2.36. The summed E-state index contributed by atoms with van der Waals surface area (Å²) in [7, 11) is -4.37. The van der Waals surface area contributed by atoms with Crippen LogP contribution in [0.4, 0.5) is 11.4 Å². The number of anilines is 1. The first-order chi connectivity index (χ1) is 23.1. The lowest BCUT2D eigenvalue weighted by molar-refractivity contribution is -0.384. The Morgan fingerprint density at radius 2 is 1.52 bits per heavy atom. The summed E-state index contributed by atoms with van der Waals surface area (Å²) in [6.07, 6.45) is 5.04. The Labute approximate surface area is 281 Å². The van der Waals surface area contributed by atoms with Crippen LogP contribution in [-0.2, 0) is 32.6 Å². The van der Waals surface area contributed by atoms with Crippen LogP contribution in [0, 0.1) is 17.0 Å². The molecule has 2 amide bonds.